The lowest BCUT2D eigenvalue weighted by molar-refractivity contribution is -0.143. The molecule has 1 fully saturated rings. The number of aromatic nitrogens is 3. The van der Waals surface area contributed by atoms with Gasteiger partial charge in [-0.25, -0.2) is 9.67 Å². The highest BCUT2D eigenvalue weighted by Gasteiger charge is 2.37. The number of carboxylic acids is 1. The third-order valence-corrected chi connectivity index (χ3v) is 3.40. The zero-order valence-electron chi connectivity index (χ0n) is 10.2. The van der Waals surface area contributed by atoms with Gasteiger partial charge in [-0.05, 0) is 25.8 Å². The van der Waals surface area contributed by atoms with E-state index in [1.807, 2.05) is 23.4 Å². The highest BCUT2D eigenvalue weighted by Crippen LogP contribution is 2.25. The molecule has 0 spiro atoms. The van der Waals surface area contributed by atoms with Gasteiger partial charge in [-0.2, -0.15) is 5.10 Å². The number of nitrogens with zero attached hydrogens (tertiary/aromatic N) is 4. The molecule has 0 amide bonds. The Morgan fingerprint density at radius 1 is 1.65 bits per heavy atom. The van der Waals surface area contributed by atoms with E-state index in [9.17, 15) is 9.90 Å². The largest absolute Gasteiger partial charge is 0.480 e. The molecule has 1 aliphatic heterocycles. The van der Waals surface area contributed by atoms with Crippen LogP contribution in [0.3, 0.4) is 0 Å². The molecular formula is C11H18N4O2. The first-order valence-electron chi connectivity index (χ1n) is 5.97. The number of rotatable bonds is 4. The minimum absolute atomic E-state index is 0.200. The van der Waals surface area contributed by atoms with Crippen LogP contribution < -0.4 is 0 Å². The van der Waals surface area contributed by atoms with E-state index < -0.39 is 12.0 Å². The van der Waals surface area contributed by atoms with Gasteiger partial charge >= 0.3 is 5.97 Å². The lowest BCUT2D eigenvalue weighted by Gasteiger charge is -2.22. The normalized spacial score (nSPS) is 25.3. The number of aliphatic carboxylic acids is 1. The third kappa shape index (κ3) is 2.31. The van der Waals surface area contributed by atoms with Crippen LogP contribution in [0.5, 0.6) is 0 Å². The Morgan fingerprint density at radius 3 is 3.06 bits per heavy atom. The summed E-state index contributed by atoms with van der Waals surface area (Å²) in [6.07, 6.45) is 2.45. The predicted octanol–water partition coefficient (Wildman–Crippen LogP) is 0.593. The topological polar surface area (TPSA) is 71.2 Å². The van der Waals surface area contributed by atoms with Crippen LogP contribution in [-0.4, -0.2) is 43.3 Å². The van der Waals surface area contributed by atoms with Crippen LogP contribution in [0, 0.1) is 5.92 Å². The number of hydrogen-bond donors (Lipinski definition) is 1. The van der Waals surface area contributed by atoms with Crippen LogP contribution in [0.1, 0.15) is 26.1 Å². The van der Waals surface area contributed by atoms with Gasteiger partial charge in [0.25, 0.3) is 0 Å². The summed E-state index contributed by atoms with van der Waals surface area (Å²) in [6.45, 7) is 6.13. The van der Waals surface area contributed by atoms with Crippen LogP contribution >= 0.6 is 0 Å². The Labute approximate surface area is 100 Å². The summed E-state index contributed by atoms with van der Waals surface area (Å²) in [6, 6.07) is -0.392. The first kappa shape index (κ1) is 12.0. The molecule has 0 bridgehead atoms. The molecule has 17 heavy (non-hydrogen) atoms. The molecule has 0 aliphatic carbocycles. The molecule has 6 heteroatoms. The van der Waals surface area contributed by atoms with Gasteiger partial charge in [-0.1, -0.05) is 6.92 Å². The molecule has 2 heterocycles. The molecule has 94 valence electrons. The van der Waals surface area contributed by atoms with Gasteiger partial charge in [0.1, 0.15) is 18.2 Å². The predicted molar refractivity (Wildman–Crippen MR) is 61.3 cm³/mol. The van der Waals surface area contributed by atoms with Gasteiger partial charge in [0.15, 0.2) is 0 Å². The quantitative estimate of drug-likeness (QED) is 0.831. The minimum Gasteiger partial charge on any atom is -0.480 e. The molecule has 6 nitrogen and oxygen atoms in total. The highest BCUT2D eigenvalue weighted by molar-refractivity contribution is 5.74. The van der Waals surface area contributed by atoms with Crippen molar-refractivity contribution in [2.75, 3.05) is 6.54 Å². The van der Waals surface area contributed by atoms with E-state index in [4.69, 9.17) is 0 Å². The van der Waals surface area contributed by atoms with Crippen molar-refractivity contribution in [1.82, 2.24) is 19.7 Å². The molecule has 1 N–H and O–H groups in total. The van der Waals surface area contributed by atoms with E-state index >= 15 is 0 Å². The number of likely N-dealkylation sites (tertiary alicyclic amines) is 1. The van der Waals surface area contributed by atoms with Crippen molar-refractivity contribution in [1.29, 1.82) is 0 Å². The summed E-state index contributed by atoms with van der Waals surface area (Å²) in [5.41, 5.74) is 0. The number of hydrogen-bond acceptors (Lipinski definition) is 4. The summed E-state index contributed by atoms with van der Waals surface area (Å²) < 4.78 is 1.81. The average Bonchev–Trinajstić information content (AvgIpc) is 2.86. The van der Waals surface area contributed by atoms with Crippen molar-refractivity contribution in [2.24, 2.45) is 5.92 Å². The van der Waals surface area contributed by atoms with Gasteiger partial charge in [-0.15, -0.1) is 0 Å². The highest BCUT2D eigenvalue weighted by atomic mass is 16.4. The van der Waals surface area contributed by atoms with Crippen LogP contribution in [0.15, 0.2) is 6.33 Å². The summed E-state index contributed by atoms with van der Waals surface area (Å²) in [5.74, 6) is 0.302. The zero-order valence-corrected chi connectivity index (χ0v) is 10.2. The number of carbonyl (C=O) groups is 1. The van der Waals surface area contributed by atoms with Crippen molar-refractivity contribution in [3.63, 3.8) is 0 Å². The molecule has 0 saturated carbocycles. The SMILES string of the molecule is CCn1ncnc1CN1CCC(C)C1C(=O)O. The van der Waals surface area contributed by atoms with Crippen molar-refractivity contribution < 1.29 is 9.90 Å². The average molecular weight is 238 g/mol. The first-order valence-corrected chi connectivity index (χ1v) is 5.97. The first-order chi connectivity index (χ1) is 8.13. The molecule has 1 saturated heterocycles. The van der Waals surface area contributed by atoms with Gasteiger partial charge in [0.2, 0.25) is 0 Å². The van der Waals surface area contributed by atoms with Crippen molar-refractivity contribution >= 4 is 5.97 Å². The zero-order chi connectivity index (χ0) is 12.4. The molecule has 1 aliphatic rings. The second-order valence-corrected chi connectivity index (χ2v) is 4.51. The number of carboxylic acid groups (broad SMARTS) is 1. The van der Waals surface area contributed by atoms with Crippen molar-refractivity contribution in [3.8, 4) is 0 Å². The van der Waals surface area contributed by atoms with Gasteiger partial charge in [0, 0.05) is 6.54 Å². The van der Waals surface area contributed by atoms with E-state index in [-0.39, 0.29) is 5.92 Å². The van der Waals surface area contributed by atoms with Crippen LogP contribution in [-0.2, 0) is 17.9 Å². The van der Waals surface area contributed by atoms with Gasteiger partial charge in [-0.3, -0.25) is 9.69 Å². The van der Waals surface area contributed by atoms with E-state index in [1.54, 1.807) is 0 Å². The Kier molecular flexibility index (Phi) is 3.42. The third-order valence-electron chi connectivity index (χ3n) is 3.40. The maximum absolute atomic E-state index is 11.2. The van der Waals surface area contributed by atoms with Crippen LogP contribution in [0.4, 0.5) is 0 Å². The van der Waals surface area contributed by atoms with Crippen molar-refractivity contribution in [2.45, 2.75) is 39.4 Å². The second-order valence-electron chi connectivity index (χ2n) is 4.51. The van der Waals surface area contributed by atoms with E-state index in [2.05, 4.69) is 10.1 Å². The maximum Gasteiger partial charge on any atom is 0.321 e. The molecule has 2 unspecified atom stereocenters. The summed E-state index contributed by atoms with van der Waals surface area (Å²) in [5, 5.41) is 13.3. The molecule has 1 aromatic rings. The fraction of sp³-hybridized carbons (Fsp3) is 0.727. The fourth-order valence-corrected chi connectivity index (χ4v) is 2.46. The maximum atomic E-state index is 11.2. The fourth-order valence-electron chi connectivity index (χ4n) is 2.46. The lowest BCUT2D eigenvalue weighted by Crippen LogP contribution is -2.39. The monoisotopic (exact) mass is 238 g/mol. The van der Waals surface area contributed by atoms with E-state index in [0.29, 0.717) is 6.54 Å². The standard InChI is InChI=1S/C11H18N4O2/c1-3-15-9(12-7-13-15)6-14-5-4-8(2)10(14)11(16)17/h7-8,10H,3-6H2,1-2H3,(H,16,17). The van der Waals surface area contributed by atoms with E-state index in [0.717, 1.165) is 25.3 Å². The molecule has 0 aromatic carbocycles. The molecule has 2 rings (SSSR count). The molecule has 2 atom stereocenters. The van der Waals surface area contributed by atoms with Gasteiger partial charge < -0.3 is 5.11 Å². The smallest absolute Gasteiger partial charge is 0.321 e. The van der Waals surface area contributed by atoms with Gasteiger partial charge in [0.05, 0.1) is 6.54 Å². The minimum atomic E-state index is -0.738. The Morgan fingerprint density at radius 2 is 2.41 bits per heavy atom. The summed E-state index contributed by atoms with van der Waals surface area (Å²) in [7, 11) is 0. The summed E-state index contributed by atoms with van der Waals surface area (Å²) >= 11 is 0. The Bertz CT molecular complexity index is 404. The Balaban J connectivity index is 2.11. The summed E-state index contributed by atoms with van der Waals surface area (Å²) in [4.78, 5) is 17.4. The molecule has 0 radical (unpaired) electrons. The molecular weight excluding hydrogens is 220 g/mol. The Hall–Kier alpha value is -1.43. The van der Waals surface area contributed by atoms with E-state index in [1.165, 1.54) is 6.33 Å². The second kappa shape index (κ2) is 4.83. The van der Waals surface area contributed by atoms with Crippen LogP contribution in [0.25, 0.3) is 0 Å². The number of aryl methyl sites for hydroxylation is 1. The molecule has 1 aromatic heterocycles. The van der Waals surface area contributed by atoms with Crippen molar-refractivity contribution in [3.05, 3.63) is 12.2 Å². The lowest BCUT2D eigenvalue weighted by atomic mass is 10.0. The van der Waals surface area contributed by atoms with Crippen LogP contribution in [0.2, 0.25) is 0 Å².